The highest BCUT2D eigenvalue weighted by atomic mass is 16.6. The lowest BCUT2D eigenvalue weighted by atomic mass is 10.1. The molecular weight excluding hydrogens is 186 g/mol. The normalized spacial score (nSPS) is 29.9. The van der Waals surface area contributed by atoms with Gasteiger partial charge < -0.3 is 9.64 Å². The molecular formula is C13H17NO. The van der Waals surface area contributed by atoms with Gasteiger partial charge in [0.2, 0.25) is 0 Å². The van der Waals surface area contributed by atoms with E-state index in [0.29, 0.717) is 12.2 Å². The van der Waals surface area contributed by atoms with Crippen LogP contribution >= 0.6 is 0 Å². The van der Waals surface area contributed by atoms with Crippen LogP contribution in [-0.2, 0) is 11.2 Å². The first kappa shape index (κ1) is 9.37. The van der Waals surface area contributed by atoms with Crippen molar-refractivity contribution in [3.05, 3.63) is 35.9 Å². The molecule has 2 heteroatoms. The van der Waals surface area contributed by atoms with E-state index in [1.165, 1.54) is 25.1 Å². The first-order chi connectivity index (χ1) is 7.42. The summed E-state index contributed by atoms with van der Waals surface area (Å²) in [5.74, 6) is 0. The third-order valence-corrected chi connectivity index (χ3v) is 3.42. The van der Waals surface area contributed by atoms with Crippen molar-refractivity contribution in [2.45, 2.75) is 25.0 Å². The summed E-state index contributed by atoms with van der Waals surface area (Å²) < 4.78 is 5.52. The zero-order valence-electron chi connectivity index (χ0n) is 8.93. The lowest BCUT2D eigenvalue weighted by Gasteiger charge is -2.23. The predicted molar refractivity (Wildman–Crippen MR) is 59.9 cm³/mol. The third-order valence-electron chi connectivity index (χ3n) is 3.42. The van der Waals surface area contributed by atoms with E-state index in [1.54, 1.807) is 0 Å². The van der Waals surface area contributed by atoms with Crippen molar-refractivity contribution in [3.63, 3.8) is 0 Å². The molecule has 0 amide bonds. The monoisotopic (exact) mass is 203 g/mol. The van der Waals surface area contributed by atoms with Gasteiger partial charge in [-0.15, -0.1) is 0 Å². The molecule has 0 saturated carbocycles. The van der Waals surface area contributed by atoms with Gasteiger partial charge in [0.05, 0.1) is 12.2 Å². The molecule has 2 saturated heterocycles. The molecule has 2 nitrogen and oxygen atoms in total. The molecule has 2 atom stereocenters. The fourth-order valence-corrected chi connectivity index (χ4v) is 2.38. The molecule has 80 valence electrons. The molecule has 0 bridgehead atoms. The van der Waals surface area contributed by atoms with Gasteiger partial charge in [-0.05, 0) is 18.4 Å². The second-order valence-electron chi connectivity index (χ2n) is 4.54. The zero-order valence-corrected chi connectivity index (χ0v) is 8.93. The van der Waals surface area contributed by atoms with Crippen molar-refractivity contribution in [1.82, 2.24) is 4.90 Å². The number of likely N-dealkylation sites (tertiary alicyclic amines) is 1. The van der Waals surface area contributed by atoms with Crippen LogP contribution in [0.25, 0.3) is 0 Å². The molecule has 0 spiro atoms. The van der Waals surface area contributed by atoms with E-state index in [4.69, 9.17) is 4.74 Å². The Morgan fingerprint density at radius 2 is 2.07 bits per heavy atom. The van der Waals surface area contributed by atoms with E-state index >= 15 is 0 Å². The highest BCUT2D eigenvalue weighted by molar-refractivity contribution is 5.15. The van der Waals surface area contributed by atoms with Crippen molar-refractivity contribution >= 4 is 0 Å². The van der Waals surface area contributed by atoms with Crippen molar-refractivity contribution in [2.75, 3.05) is 19.6 Å². The summed E-state index contributed by atoms with van der Waals surface area (Å²) in [6, 6.07) is 10.7. The van der Waals surface area contributed by atoms with E-state index in [2.05, 4.69) is 35.2 Å². The van der Waals surface area contributed by atoms with Crippen LogP contribution in [0.2, 0.25) is 0 Å². The highest BCUT2D eigenvalue weighted by Crippen LogP contribution is 2.30. The fourth-order valence-electron chi connectivity index (χ4n) is 2.38. The Balaban J connectivity index is 1.49. The molecule has 2 unspecified atom stereocenters. The van der Waals surface area contributed by atoms with Crippen LogP contribution in [-0.4, -0.2) is 36.7 Å². The highest BCUT2D eigenvalue weighted by Gasteiger charge is 2.42. The van der Waals surface area contributed by atoms with E-state index < -0.39 is 0 Å². The van der Waals surface area contributed by atoms with E-state index in [-0.39, 0.29) is 0 Å². The quantitative estimate of drug-likeness (QED) is 0.695. The number of rotatable bonds is 3. The first-order valence-corrected chi connectivity index (χ1v) is 5.83. The minimum atomic E-state index is 0.564. The molecule has 2 aliphatic heterocycles. The molecule has 1 aromatic rings. The van der Waals surface area contributed by atoms with Crippen LogP contribution in [0.3, 0.4) is 0 Å². The molecule has 0 aliphatic carbocycles. The molecule has 1 aromatic carbocycles. The van der Waals surface area contributed by atoms with Crippen LogP contribution < -0.4 is 0 Å². The summed E-state index contributed by atoms with van der Waals surface area (Å²) in [4.78, 5) is 2.53. The second-order valence-corrected chi connectivity index (χ2v) is 4.54. The summed E-state index contributed by atoms with van der Waals surface area (Å²) in [6.07, 6.45) is 3.57. The van der Waals surface area contributed by atoms with Crippen molar-refractivity contribution in [3.8, 4) is 0 Å². The Bertz CT molecular complexity index is 325. The summed E-state index contributed by atoms with van der Waals surface area (Å²) in [5, 5.41) is 0. The Hall–Kier alpha value is -0.860. The van der Waals surface area contributed by atoms with Gasteiger partial charge >= 0.3 is 0 Å². The molecule has 0 aromatic heterocycles. The Labute approximate surface area is 90.8 Å². The molecule has 15 heavy (non-hydrogen) atoms. The van der Waals surface area contributed by atoms with Crippen LogP contribution in [0.4, 0.5) is 0 Å². The zero-order chi connectivity index (χ0) is 10.1. The lowest BCUT2D eigenvalue weighted by Crippen LogP contribution is -2.35. The maximum atomic E-state index is 5.52. The maximum Gasteiger partial charge on any atom is 0.0968 e. The molecule has 0 radical (unpaired) electrons. The van der Waals surface area contributed by atoms with Gasteiger partial charge in [0, 0.05) is 19.6 Å². The Morgan fingerprint density at radius 1 is 1.20 bits per heavy atom. The number of hydrogen-bond donors (Lipinski definition) is 0. The summed E-state index contributed by atoms with van der Waals surface area (Å²) in [7, 11) is 0. The van der Waals surface area contributed by atoms with Crippen LogP contribution in [0.5, 0.6) is 0 Å². The summed E-state index contributed by atoms with van der Waals surface area (Å²) in [5.41, 5.74) is 1.44. The minimum absolute atomic E-state index is 0.564. The van der Waals surface area contributed by atoms with Gasteiger partial charge in [-0.3, -0.25) is 0 Å². The Kier molecular flexibility index (Phi) is 2.47. The van der Waals surface area contributed by atoms with Gasteiger partial charge in [0.15, 0.2) is 0 Å². The van der Waals surface area contributed by atoms with Crippen LogP contribution in [0, 0.1) is 0 Å². The van der Waals surface area contributed by atoms with Crippen molar-refractivity contribution in [2.24, 2.45) is 0 Å². The average Bonchev–Trinajstić information content (AvgIpc) is 3.06. The topological polar surface area (TPSA) is 15.8 Å². The summed E-state index contributed by atoms with van der Waals surface area (Å²) in [6.45, 7) is 3.54. The van der Waals surface area contributed by atoms with Crippen molar-refractivity contribution < 1.29 is 4.74 Å². The summed E-state index contributed by atoms with van der Waals surface area (Å²) >= 11 is 0. The largest absolute Gasteiger partial charge is 0.368 e. The number of piperidine rings is 1. The van der Waals surface area contributed by atoms with Crippen molar-refractivity contribution in [1.29, 1.82) is 0 Å². The van der Waals surface area contributed by atoms with E-state index in [0.717, 1.165) is 13.0 Å². The van der Waals surface area contributed by atoms with Crippen LogP contribution in [0.1, 0.15) is 12.0 Å². The second kappa shape index (κ2) is 3.95. The molecule has 2 fully saturated rings. The Morgan fingerprint density at radius 3 is 2.87 bits per heavy atom. The molecule has 2 aliphatic rings. The van der Waals surface area contributed by atoms with Gasteiger partial charge in [-0.2, -0.15) is 0 Å². The van der Waals surface area contributed by atoms with Gasteiger partial charge in [-0.25, -0.2) is 0 Å². The van der Waals surface area contributed by atoms with Gasteiger partial charge in [0.1, 0.15) is 0 Å². The van der Waals surface area contributed by atoms with Gasteiger partial charge in [-0.1, -0.05) is 30.3 Å². The SMILES string of the molecule is c1ccc(CCN2CCC3OC3C2)cc1. The fraction of sp³-hybridized carbons (Fsp3) is 0.538. The smallest absolute Gasteiger partial charge is 0.0968 e. The lowest BCUT2D eigenvalue weighted by molar-refractivity contribution is 0.248. The van der Waals surface area contributed by atoms with E-state index in [1.807, 2.05) is 0 Å². The number of epoxide rings is 1. The molecule has 2 heterocycles. The number of hydrogen-bond acceptors (Lipinski definition) is 2. The first-order valence-electron chi connectivity index (χ1n) is 5.83. The van der Waals surface area contributed by atoms with E-state index in [9.17, 15) is 0 Å². The van der Waals surface area contributed by atoms with Gasteiger partial charge in [0.25, 0.3) is 0 Å². The predicted octanol–water partition coefficient (Wildman–Crippen LogP) is 1.70. The standard InChI is InChI=1S/C13H17NO/c1-2-4-11(5-3-1)6-8-14-9-7-12-13(10-14)15-12/h1-5,12-13H,6-10H2. The number of ether oxygens (including phenoxy) is 1. The molecule has 3 rings (SSSR count). The molecule has 0 N–H and O–H groups in total. The maximum absolute atomic E-state index is 5.52. The number of nitrogens with zero attached hydrogens (tertiary/aromatic N) is 1. The average molecular weight is 203 g/mol. The van der Waals surface area contributed by atoms with Crippen LogP contribution in [0.15, 0.2) is 30.3 Å². The minimum Gasteiger partial charge on any atom is -0.368 e. The third kappa shape index (κ3) is 2.21. The number of fused-ring (bicyclic) bond motifs is 1. The number of benzene rings is 1.